The van der Waals surface area contributed by atoms with Gasteiger partial charge in [0, 0.05) is 31.8 Å². The van der Waals surface area contributed by atoms with Crippen LogP contribution < -0.4 is 0 Å². The number of amides is 1. The number of likely N-dealkylation sites (tertiary alicyclic amines) is 1. The van der Waals surface area contributed by atoms with Crippen molar-refractivity contribution >= 4 is 5.91 Å². The van der Waals surface area contributed by atoms with Gasteiger partial charge in [-0.05, 0) is 43.2 Å². The van der Waals surface area contributed by atoms with E-state index in [0.717, 1.165) is 37.9 Å². The minimum absolute atomic E-state index is 0.0781. The summed E-state index contributed by atoms with van der Waals surface area (Å²) < 4.78 is 0. The largest absolute Gasteiger partial charge is 0.390 e. The molecule has 2 heterocycles. The molecule has 0 bridgehead atoms. The Bertz CT molecular complexity index is 580. The van der Waals surface area contributed by atoms with E-state index < -0.39 is 6.10 Å². The van der Waals surface area contributed by atoms with Crippen molar-refractivity contribution in [1.82, 2.24) is 9.80 Å². The van der Waals surface area contributed by atoms with Gasteiger partial charge in [0.15, 0.2) is 0 Å². The van der Waals surface area contributed by atoms with Gasteiger partial charge in [0.2, 0.25) is 0 Å². The number of rotatable bonds is 6. The minimum atomic E-state index is -0.509. The fourth-order valence-corrected chi connectivity index (χ4v) is 4.11. The van der Waals surface area contributed by atoms with E-state index in [0.29, 0.717) is 31.5 Å². The Kier molecular flexibility index (Phi) is 15.2. The summed E-state index contributed by atoms with van der Waals surface area (Å²) in [6.45, 7) is 23.4. The predicted molar refractivity (Wildman–Crippen MR) is 130 cm³/mol. The average Bonchev–Trinajstić information content (AvgIpc) is 3.13. The third-order valence-electron chi connectivity index (χ3n) is 5.48. The first-order valence-electron chi connectivity index (χ1n) is 12.0. The van der Waals surface area contributed by atoms with Gasteiger partial charge >= 0.3 is 0 Å². The van der Waals surface area contributed by atoms with Crippen molar-refractivity contribution in [2.75, 3.05) is 32.7 Å². The molecule has 0 spiro atoms. The Balaban J connectivity index is 0.00000129. The number of carbonyl (C=O) groups is 1. The fourth-order valence-electron chi connectivity index (χ4n) is 4.11. The summed E-state index contributed by atoms with van der Waals surface area (Å²) in [6.07, 6.45) is 10.6. The average molecular weight is 419 g/mol. The summed E-state index contributed by atoms with van der Waals surface area (Å²) in [4.78, 5) is 16.5. The molecule has 4 nitrogen and oxygen atoms in total. The van der Waals surface area contributed by atoms with Gasteiger partial charge in [0.05, 0.1) is 6.10 Å². The van der Waals surface area contributed by atoms with Gasteiger partial charge in [-0.2, -0.15) is 0 Å². The highest BCUT2D eigenvalue weighted by atomic mass is 16.3. The molecule has 0 radical (unpaired) electrons. The van der Waals surface area contributed by atoms with Crippen molar-refractivity contribution < 1.29 is 9.90 Å². The molecule has 0 aromatic rings. The van der Waals surface area contributed by atoms with E-state index in [-0.39, 0.29) is 5.91 Å². The van der Waals surface area contributed by atoms with Gasteiger partial charge < -0.3 is 14.9 Å². The Labute approximate surface area is 186 Å². The lowest BCUT2D eigenvalue weighted by atomic mass is 9.85. The maximum Gasteiger partial charge on any atom is 0.254 e. The summed E-state index contributed by atoms with van der Waals surface area (Å²) in [7, 11) is 0. The van der Waals surface area contributed by atoms with E-state index in [1.807, 2.05) is 59.8 Å². The van der Waals surface area contributed by atoms with E-state index in [1.54, 1.807) is 4.90 Å². The number of β-amino-alcohol motifs (C(OH)–C–C–N with tert-alkyl or cyclic N) is 1. The Morgan fingerprint density at radius 2 is 1.73 bits per heavy atom. The van der Waals surface area contributed by atoms with Crippen molar-refractivity contribution in [1.29, 1.82) is 0 Å². The van der Waals surface area contributed by atoms with Gasteiger partial charge in [0.25, 0.3) is 5.91 Å². The quantitative estimate of drug-likeness (QED) is 0.601. The third kappa shape index (κ3) is 7.88. The summed E-state index contributed by atoms with van der Waals surface area (Å²) in [5, 5.41) is 10.5. The van der Waals surface area contributed by atoms with Crippen LogP contribution in [0.1, 0.15) is 60.8 Å². The zero-order valence-electron chi connectivity index (χ0n) is 20.4. The molecule has 172 valence electrons. The van der Waals surface area contributed by atoms with Gasteiger partial charge in [-0.15, -0.1) is 13.2 Å². The zero-order valence-corrected chi connectivity index (χ0v) is 20.4. The number of aliphatic hydroxyl groups is 1. The summed E-state index contributed by atoms with van der Waals surface area (Å²) in [5.41, 5.74) is 2.08. The normalized spacial score (nSPS) is 23.7. The lowest BCUT2D eigenvalue weighted by Gasteiger charge is -2.37. The number of nitrogens with zero attached hydrogens (tertiary/aromatic N) is 2. The highest BCUT2D eigenvalue weighted by molar-refractivity contribution is 6.00. The summed E-state index contributed by atoms with van der Waals surface area (Å²) >= 11 is 0. The Morgan fingerprint density at radius 1 is 1.10 bits per heavy atom. The Morgan fingerprint density at radius 3 is 2.30 bits per heavy atom. The second-order valence-corrected chi connectivity index (χ2v) is 7.15. The van der Waals surface area contributed by atoms with E-state index in [1.165, 1.54) is 5.57 Å². The molecule has 1 N–H and O–H groups in total. The van der Waals surface area contributed by atoms with Crippen LogP contribution in [-0.2, 0) is 4.79 Å². The molecule has 3 aliphatic rings. The topological polar surface area (TPSA) is 43.8 Å². The predicted octanol–water partition coefficient (Wildman–Crippen LogP) is 5.22. The van der Waals surface area contributed by atoms with Crippen LogP contribution in [0.5, 0.6) is 0 Å². The van der Waals surface area contributed by atoms with Crippen molar-refractivity contribution in [3.8, 4) is 0 Å². The minimum Gasteiger partial charge on any atom is -0.390 e. The number of aliphatic hydroxyl groups excluding tert-OH is 1. The molecule has 3 atom stereocenters. The molecule has 4 heteroatoms. The second-order valence-electron chi connectivity index (χ2n) is 7.15. The number of hydrogen-bond donors (Lipinski definition) is 1. The monoisotopic (exact) mass is 418 g/mol. The molecule has 3 unspecified atom stereocenters. The third-order valence-corrected chi connectivity index (χ3v) is 5.48. The van der Waals surface area contributed by atoms with Crippen molar-refractivity contribution in [3.63, 3.8) is 0 Å². The molecule has 3 rings (SSSR count). The standard InChI is InChI=1S/C20H28N2O2.3C2H6/c1-3-15-9-10-21(11-16(15)4-2)13-18(23)14-22-12-17-7-5-6-8-19(17)20(22)24;3*1-2/h3-4,6,8,15-16,18,23H,1-2,5,7,9-14H2;3*1-2H3. The van der Waals surface area contributed by atoms with Gasteiger partial charge in [-0.3, -0.25) is 4.79 Å². The van der Waals surface area contributed by atoms with Crippen LogP contribution >= 0.6 is 0 Å². The number of piperidine rings is 1. The SMILES string of the molecule is C=CC1CCN(CC(O)CN2CC3=C(C=CCC3)C2=O)CC1C=C.CC.CC.CC. The maximum absolute atomic E-state index is 12.4. The molecule has 1 saturated heterocycles. The van der Waals surface area contributed by atoms with Gasteiger partial charge in [-0.25, -0.2) is 0 Å². The van der Waals surface area contributed by atoms with Crippen molar-refractivity contribution in [2.24, 2.45) is 11.8 Å². The van der Waals surface area contributed by atoms with Gasteiger partial charge in [-0.1, -0.05) is 65.8 Å². The van der Waals surface area contributed by atoms with E-state index in [9.17, 15) is 9.90 Å². The van der Waals surface area contributed by atoms with Crippen LogP contribution in [0.2, 0.25) is 0 Å². The van der Waals surface area contributed by atoms with Crippen LogP contribution in [0.4, 0.5) is 0 Å². The lowest BCUT2D eigenvalue weighted by Crippen LogP contribution is -2.46. The number of carbonyl (C=O) groups excluding carboxylic acids is 1. The fraction of sp³-hybridized carbons (Fsp3) is 0.654. The van der Waals surface area contributed by atoms with Crippen LogP contribution in [-0.4, -0.2) is 59.6 Å². The molecule has 30 heavy (non-hydrogen) atoms. The van der Waals surface area contributed by atoms with Crippen molar-refractivity contribution in [3.05, 3.63) is 48.6 Å². The molecule has 0 aromatic carbocycles. The summed E-state index contributed by atoms with van der Waals surface area (Å²) in [6, 6.07) is 0. The number of allylic oxidation sites excluding steroid dienone is 2. The molecule has 1 aliphatic carbocycles. The van der Waals surface area contributed by atoms with Crippen LogP contribution in [0.25, 0.3) is 0 Å². The zero-order chi connectivity index (χ0) is 23.1. The molecule has 1 amide bonds. The van der Waals surface area contributed by atoms with Crippen LogP contribution in [0, 0.1) is 11.8 Å². The first-order valence-corrected chi connectivity index (χ1v) is 12.0. The maximum atomic E-state index is 12.4. The lowest BCUT2D eigenvalue weighted by molar-refractivity contribution is -0.126. The van der Waals surface area contributed by atoms with Crippen LogP contribution in [0.3, 0.4) is 0 Å². The Hall–Kier alpha value is -1.65. The number of hydrogen-bond acceptors (Lipinski definition) is 3. The smallest absolute Gasteiger partial charge is 0.254 e. The van der Waals surface area contributed by atoms with E-state index >= 15 is 0 Å². The molecular weight excluding hydrogens is 372 g/mol. The molecule has 0 saturated carbocycles. The molecule has 1 fully saturated rings. The van der Waals surface area contributed by atoms with Crippen LogP contribution in [0.15, 0.2) is 48.6 Å². The second kappa shape index (κ2) is 16.1. The van der Waals surface area contributed by atoms with Crippen molar-refractivity contribution in [2.45, 2.75) is 66.9 Å². The van der Waals surface area contributed by atoms with E-state index in [2.05, 4.69) is 24.1 Å². The molecule has 0 aromatic heterocycles. The first-order chi connectivity index (χ1) is 14.6. The first kappa shape index (κ1) is 28.4. The molecular formula is C26H46N2O2. The van der Waals surface area contributed by atoms with Gasteiger partial charge in [0.1, 0.15) is 0 Å². The van der Waals surface area contributed by atoms with E-state index in [4.69, 9.17) is 0 Å². The highest BCUT2D eigenvalue weighted by Gasteiger charge is 2.32. The highest BCUT2D eigenvalue weighted by Crippen LogP contribution is 2.28. The summed E-state index contributed by atoms with van der Waals surface area (Å²) in [5.74, 6) is 0.962. The molecule has 2 aliphatic heterocycles.